The molecule has 0 amide bonds. The summed E-state index contributed by atoms with van der Waals surface area (Å²) < 4.78 is 201. The van der Waals surface area contributed by atoms with Gasteiger partial charge >= 0.3 is 27.4 Å². The van der Waals surface area contributed by atoms with Crippen LogP contribution in [0.15, 0.2) is 124 Å². The van der Waals surface area contributed by atoms with Gasteiger partial charge in [-0.05, 0) is 107 Å². The molecule has 0 radical (unpaired) electrons. The molecular weight excluding hydrogens is 912 g/mol. The first kappa shape index (κ1) is 59.5. The van der Waals surface area contributed by atoms with E-state index in [0.717, 1.165) is 35.4 Å². The zero-order chi connectivity index (χ0) is 47.8. The second-order valence-corrected chi connectivity index (χ2v) is 17.6. The molecule has 0 aliphatic rings. The lowest BCUT2D eigenvalue weighted by Gasteiger charge is -2.23. The number of hydrogen-bond donors (Lipinski definition) is 1. The predicted octanol–water partition coefficient (Wildman–Crippen LogP) is 11.1. The molecule has 0 fully saturated rings. The molecule has 0 heterocycles. The van der Waals surface area contributed by atoms with Gasteiger partial charge in [-0.25, -0.2) is 0 Å². The Hall–Kier alpha value is -4.55. The molecule has 1 N–H and O–H groups in total. The van der Waals surface area contributed by atoms with E-state index >= 15 is 0 Å². The van der Waals surface area contributed by atoms with Gasteiger partial charge in [-0.2, -0.15) is 64.8 Å². The van der Waals surface area contributed by atoms with E-state index in [2.05, 4.69) is 17.3 Å². The third-order valence-electron chi connectivity index (χ3n) is 6.85. The van der Waals surface area contributed by atoms with Gasteiger partial charge in [-0.1, -0.05) is 43.9 Å². The van der Waals surface area contributed by atoms with Gasteiger partial charge in [-0.3, -0.25) is 17.7 Å². The van der Waals surface area contributed by atoms with E-state index in [1.165, 1.54) is 6.92 Å². The zero-order valence-corrected chi connectivity index (χ0v) is 35.7. The summed E-state index contributed by atoms with van der Waals surface area (Å²) in [5.41, 5.74) is -1.85. The average Bonchev–Trinajstić information content (AvgIpc) is 3.10. The number of halogens is 9. The number of rotatable bonds is 12. The van der Waals surface area contributed by atoms with Crippen molar-refractivity contribution in [3.63, 3.8) is 0 Å². The van der Waals surface area contributed by atoms with Crippen molar-refractivity contribution in [2.24, 2.45) is 0 Å². The molecule has 0 saturated heterocycles. The van der Waals surface area contributed by atoms with Gasteiger partial charge in [0.15, 0.2) is 0 Å². The Morgan fingerprint density at radius 1 is 0.645 bits per heavy atom. The van der Waals surface area contributed by atoms with Crippen LogP contribution in [0.3, 0.4) is 0 Å². The van der Waals surface area contributed by atoms with Crippen LogP contribution in [0.2, 0.25) is 0 Å². The van der Waals surface area contributed by atoms with Crippen LogP contribution in [-0.2, 0) is 66.8 Å². The number of ether oxygens (including phenoxy) is 1. The maximum Gasteiger partial charge on any atom is 1.00 e. The molecule has 0 aliphatic carbocycles. The van der Waals surface area contributed by atoms with E-state index in [0.29, 0.717) is 48.5 Å². The first-order valence-corrected chi connectivity index (χ1v) is 21.1. The van der Waals surface area contributed by atoms with E-state index in [4.69, 9.17) is 13.5 Å². The highest BCUT2D eigenvalue weighted by Gasteiger charge is 2.33. The van der Waals surface area contributed by atoms with Gasteiger partial charge < -0.3 is 4.74 Å². The van der Waals surface area contributed by atoms with Crippen LogP contribution in [0.1, 0.15) is 74.9 Å². The molecule has 0 spiro atoms. The Kier molecular flexibility index (Phi) is 23.4. The lowest BCUT2D eigenvalue weighted by atomic mass is 10.1. The van der Waals surface area contributed by atoms with Crippen molar-refractivity contribution in [3.05, 3.63) is 126 Å². The summed E-state index contributed by atoms with van der Waals surface area (Å²) in [6, 6.07) is 8.71. The summed E-state index contributed by atoms with van der Waals surface area (Å²) in [6.45, 7) is 16.4. The van der Waals surface area contributed by atoms with Crippen molar-refractivity contribution < 1.29 is 90.1 Å². The Morgan fingerprint density at radius 3 is 1.21 bits per heavy atom. The monoisotopic (exact) mass is 960 g/mol. The molecule has 0 saturated carbocycles. The summed E-state index contributed by atoms with van der Waals surface area (Å²) in [4.78, 5) is 9.63. The molecule has 11 nitrogen and oxygen atoms in total. The van der Waals surface area contributed by atoms with E-state index in [1.807, 2.05) is 6.92 Å². The number of esters is 1. The number of hydrogen-bond acceptors (Lipinski definition) is 10. The second-order valence-electron chi connectivity index (χ2n) is 13.0. The molecule has 0 unspecified atom stereocenters. The molecule has 0 aliphatic heterocycles. The highest BCUT2D eigenvalue weighted by atomic mass is 32.2. The first-order valence-electron chi connectivity index (χ1n) is 16.8. The number of alkyl halides is 9. The number of allylic oxidation sites excluding steroid dienone is 3. The molecule has 3 aromatic carbocycles. The zero-order valence-electron chi connectivity index (χ0n) is 35.3. The van der Waals surface area contributed by atoms with Crippen LogP contribution in [0.5, 0.6) is 0 Å². The smallest absolute Gasteiger partial charge is 0.460 e. The van der Waals surface area contributed by atoms with Gasteiger partial charge in [-0.15, -0.1) is 0 Å². The first-order chi connectivity index (χ1) is 27.4. The summed E-state index contributed by atoms with van der Waals surface area (Å²) in [5, 5.41) is 0. The molecule has 3 aromatic rings. The van der Waals surface area contributed by atoms with Crippen LogP contribution in [0.25, 0.3) is 0 Å². The van der Waals surface area contributed by atoms with Crippen LogP contribution in [0.4, 0.5) is 39.5 Å². The third-order valence-corrected chi connectivity index (χ3v) is 10.3. The van der Waals surface area contributed by atoms with E-state index in [9.17, 15) is 69.6 Å². The summed E-state index contributed by atoms with van der Waals surface area (Å²) in [5.74, 6) is -0.513. The number of carbonyl (C=O) groups excluding carboxylic acids is 1. The maximum absolute atomic E-state index is 12.4. The molecule has 0 aromatic heterocycles. The Morgan fingerprint density at radius 2 is 0.952 bits per heavy atom. The Labute approximate surface area is 358 Å². The van der Waals surface area contributed by atoms with Crippen LogP contribution in [-0.4, -0.2) is 54.6 Å². The van der Waals surface area contributed by atoms with Crippen molar-refractivity contribution >= 4 is 36.3 Å². The fraction of sp³-hybridized carbons (Fsp3) is 0.359. The maximum atomic E-state index is 12.4. The SMILES string of the molecule is C.C=CC(=C)C.CC(=O)OC(C)(C)CCOS(=O)(=O)c1ccc(C(F)(F)F)cc1.CC(C)=CCOS(=O)(=O)c1ccc(C(F)(F)F)cc1.O=S(=O)(O)c1ccc(C(F)(F)F)cc1.[H+].[H+]. The minimum Gasteiger partial charge on any atom is -0.460 e. The molecule has 0 atom stereocenters. The molecule has 3 rings (SSSR count). The van der Waals surface area contributed by atoms with Crippen molar-refractivity contribution in [1.29, 1.82) is 0 Å². The summed E-state index contributed by atoms with van der Waals surface area (Å²) in [6.07, 6.45) is -10.2. The number of benzene rings is 3. The standard InChI is InChI=1S/C14H17F3O5S.C12H13F3O3S.C7H5F3O3S.C5H8.CH4/c1-10(18)22-13(2,3)8-9-21-23(19,20)12-6-4-11(5-7-12)14(15,16)17;1-9(2)7-8-18-19(16,17)11-5-3-10(4-6-11)12(13,14)15;8-7(9,10)5-1-3-6(4-2-5)14(11,12)13;1-4-5(2)3;/h4-7H,8-9H2,1-3H3;3-7H,8H2,1-2H3;1-4H,(H,11,12,13);4H,1-2H2,3H3;1H4/p+2. The number of carbonyl (C=O) groups is 1. The normalized spacial score (nSPS) is 12.0. The topological polar surface area (TPSA) is 167 Å². The molecular formula is C39H49F9O11S3+2. The quantitative estimate of drug-likeness (QED) is 0.0458. The molecule has 62 heavy (non-hydrogen) atoms. The van der Waals surface area contributed by atoms with Gasteiger partial charge in [0.25, 0.3) is 30.4 Å². The van der Waals surface area contributed by atoms with Crippen molar-refractivity contribution in [2.45, 2.75) is 94.2 Å². The lowest BCUT2D eigenvalue weighted by Crippen LogP contribution is -2.29. The van der Waals surface area contributed by atoms with Crippen LogP contribution >= 0.6 is 0 Å². The fourth-order valence-corrected chi connectivity index (χ4v) is 5.94. The van der Waals surface area contributed by atoms with E-state index in [1.54, 1.807) is 39.8 Å². The van der Waals surface area contributed by atoms with Crippen LogP contribution in [0, 0.1) is 0 Å². The lowest BCUT2D eigenvalue weighted by molar-refractivity contribution is -0.154. The van der Waals surface area contributed by atoms with Gasteiger partial charge in [0.1, 0.15) is 5.60 Å². The predicted molar refractivity (Wildman–Crippen MR) is 214 cm³/mol. The second kappa shape index (κ2) is 24.3. The van der Waals surface area contributed by atoms with Crippen molar-refractivity contribution in [2.75, 3.05) is 13.2 Å². The van der Waals surface area contributed by atoms with Crippen molar-refractivity contribution in [3.8, 4) is 0 Å². The van der Waals surface area contributed by atoms with Crippen molar-refractivity contribution in [1.82, 2.24) is 0 Å². The average molecular weight is 961 g/mol. The van der Waals surface area contributed by atoms with Gasteiger partial charge in [0.05, 0.1) is 44.6 Å². The van der Waals surface area contributed by atoms with E-state index in [-0.39, 0.29) is 39.7 Å². The Bertz CT molecular complexity index is 2270. The van der Waals surface area contributed by atoms with E-state index < -0.39 is 82.0 Å². The minimum absolute atomic E-state index is 0. The van der Waals surface area contributed by atoms with Gasteiger partial charge in [0, 0.05) is 13.3 Å². The highest BCUT2D eigenvalue weighted by Crippen LogP contribution is 2.32. The molecule has 0 bridgehead atoms. The summed E-state index contributed by atoms with van der Waals surface area (Å²) >= 11 is 0. The summed E-state index contributed by atoms with van der Waals surface area (Å²) in [7, 11) is -12.6. The minimum atomic E-state index is -4.54. The Balaban J connectivity index is -0.000000399. The molecule has 350 valence electrons. The largest absolute Gasteiger partial charge is 1.00 e. The fourth-order valence-electron chi connectivity index (χ4n) is 3.70. The third kappa shape index (κ3) is 23.6. The highest BCUT2D eigenvalue weighted by molar-refractivity contribution is 7.87. The van der Waals surface area contributed by atoms with Gasteiger partial charge in [0.2, 0.25) is 0 Å². The molecule has 23 heteroatoms. The van der Waals surface area contributed by atoms with Crippen LogP contribution < -0.4 is 0 Å².